The number of aryl methyl sites for hydroxylation is 1. The molecule has 0 spiro atoms. The van der Waals surface area contributed by atoms with Gasteiger partial charge in [0.2, 0.25) is 15.9 Å². The van der Waals surface area contributed by atoms with Crippen molar-refractivity contribution < 1.29 is 22.4 Å². The number of benzene rings is 2. The van der Waals surface area contributed by atoms with E-state index in [4.69, 9.17) is 10.2 Å². The molecule has 0 fully saturated rings. The lowest BCUT2D eigenvalue weighted by atomic mass is 10.1. The van der Waals surface area contributed by atoms with Crippen LogP contribution in [0.15, 0.2) is 70.2 Å². The Morgan fingerprint density at radius 1 is 1.07 bits per heavy atom. The monoisotopic (exact) mass is 413 g/mol. The predicted molar refractivity (Wildman–Crippen MR) is 107 cm³/mol. The number of hydrogen-bond donors (Lipinski definition) is 3. The van der Waals surface area contributed by atoms with E-state index < -0.39 is 21.8 Å². The van der Waals surface area contributed by atoms with E-state index in [0.29, 0.717) is 22.6 Å². The summed E-state index contributed by atoms with van der Waals surface area (Å²) >= 11 is 0. The maximum atomic E-state index is 12.4. The van der Waals surface area contributed by atoms with Crippen LogP contribution >= 0.6 is 0 Å². The van der Waals surface area contributed by atoms with Crippen molar-refractivity contribution in [3.8, 4) is 0 Å². The molecule has 1 heterocycles. The molecule has 0 saturated carbocycles. The van der Waals surface area contributed by atoms with Crippen molar-refractivity contribution in [2.75, 3.05) is 5.32 Å². The molecule has 2 aromatic carbocycles. The molecule has 29 heavy (non-hydrogen) atoms. The molecule has 2 amide bonds. The molecule has 4 N–H and O–H groups in total. The highest BCUT2D eigenvalue weighted by atomic mass is 32.2. The highest BCUT2D eigenvalue weighted by molar-refractivity contribution is 7.89. The van der Waals surface area contributed by atoms with E-state index in [1.54, 1.807) is 31.2 Å². The van der Waals surface area contributed by atoms with Crippen LogP contribution < -0.4 is 15.8 Å². The number of anilines is 1. The van der Waals surface area contributed by atoms with Crippen molar-refractivity contribution in [2.24, 2.45) is 5.73 Å². The molecule has 1 aromatic heterocycles. The lowest BCUT2D eigenvalue weighted by molar-refractivity contribution is 0.0997. The Labute approximate surface area is 167 Å². The number of nitrogens with one attached hydrogen (secondary N) is 2. The van der Waals surface area contributed by atoms with Crippen molar-refractivity contribution in [3.05, 3.63) is 83.3 Å². The minimum Gasteiger partial charge on any atom is -0.468 e. The molecule has 0 aliphatic heterocycles. The van der Waals surface area contributed by atoms with Crippen LogP contribution in [0.4, 0.5) is 5.69 Å². The summed E-state index contributed by atoms with van der Waals surface area (Å²) in [6, 6.07) is 13.6. The van der Waals surface area contributed by atoms with Crippen LogP contribution in [0.1, 0.15) is 32.0 Å². The van der Waals surface area contributed by atoms with Gasteiger partial charge in [-0.1, -0.05) is 0 Å². The second kappa shape index (κ2) is 8.29. The number of hydrogen-bond acceptors (Lipinski definition) is 5. The van der Waals surface area contributed by atoms with E-state index in [9.17, 15) is 18.0 Å². The summed E-state index contributed by atoms with van der Waals surface area (Å²) in [6.45, 7) is 1.74. The first-order chi connectivity index (χ1) is 13.8. The van der Waals surface area contributed by atoms with Gasteiger partial charge in [0, 0.05) is 16.8 Å². The summed E-state index contributed by atoms with van der Waals surface area (Å²) in [4.78, 5) is 23.7. The number of nitrogens with two attached hydrogens (primary N) is 1. The lowest BCUT2D eigenvalue weighted by Gasteiger charge is -2.09. The Morgan fingerprint density at radius 3 is 2.38 bits per heavy atom. The van der Waals surface area contributed by atoms with Crippen LogP contribution in [0.2, 0.25) is 0 Å². The third-order valence-electron chi connectivity index (χ3n) is 4.19. The lowest BCUT2D eigenvalue weighted by Crippen LogP contribution is -2.23. The fourth-order valence-corrected chi connectivity index (χ4v) is 3.66. The molecule has 150 valence electrons. The number of furan rings is 1. The third-order valence-corrected chi connectivity index (χ3v) is 5.61. The fraction of sp³-hybridized carbons (Fsp3) is 0.100. The Balaban J connectivity index is 1.68. The zero-order valence-electron chi connectivity index (χ0n) is 15.5. The number of rotatable bonds is 7. The minimum atomic E-state index is -3.74. The SMILES string of the molecule is Cc1cc(NC(=O)c2ccc(S(=O)(=O)NCc3ccco3)cc2)ccc1C(N)=O. The van der Waals surface area contributed by atoms with Crippen molar-refractivity contribution >= 4 is 27.5 Å². The molecule has 0 aliphatic rings. The summed E-state index contributed by atoms with van der Waals surface area (Å²) in [5.74, 6) is -0.469. The van der Waals surface area contributed by atoms with Gasteiger partial charge in [-0.05, 0) is 67.1 Å². The summed E-state index contributed by atoms with van der Waals surface area (Å²) in [7, 11) is -3.74. The van der Waals surface area contributed by atoms with Crippen LogP contribution in [-0.4, -0.2) is 20.2 Å². The molecule has 0 atom stereocenters. The molecule has 3 aromatic rings. The Bertz CT molecular complexity index is 1140. The van der Waals surface area contributed by atoms with Crippen LogP contribution in [-0.2, 0) is 16.6 Å². The Kier molecular flexibility index (Phi) is 5.81. The van der Waals surface area contributed by atoms with Gasteiger partial charge in [0.15, 0.2) is 0 Å². The predicted octanol–water partition coefficient (Wildman–Crippen LogP) is 2.42. The van der Waals surface area contributed by atoms with Crippen molar-refractivity contribution in [2.45, 2.75) is 18.4 Å². The first-order valence-electron chi connectivity index (χ1n) is 8.60. The van der Waals surface area contributed by atoms with Crippen LogP contribution in [0.25, 0.3) is 0 Å². The van der Waals surface area contributed by atoms with Crippen molar-refractivity contribution in [3.63, 3.8) is 0 Å². The van der Waals surface area contributed by atoms with E-state index in [1.165, 1.54) is 36.6 Å². The van der Waals surface area contributed by atoms with Crippen LogP contribution in [0, 0.1) is 6.92 Å². The molecule has 0 radical (unpaired) electrons. The van der Waals surface area contributed by atoms with E-state index in [0.717, 1.165) is 0 Å². The van der Waals surface area contributed by atoms with Gasteiger partial charge in [-0.2, -0.15) is 0 Å². The summed E-state index contributed by atoms with van der Waals surface area (Å²) in [5, 5.41) is 2.70. The van der Waals surface area contributed by atoms with E-state index in [2.05, 4.69) is 10.0 Å². The standard InChI is InChI=1S/C20H19N3O5S/c1-13-11-15(6-9-18(13)19(21)24)23-20(25)14-4-7-17(8-5-14)29(26,27)22-12-16-3-2-10-28-16/h2-11,22H,12H2,1H3,(H2,21,24)(H,23,25). The zero-order valence-corrected chi connectivity index (χ0v) is 16.3. The van der Waals surface area contributed by atoms with Crippen molar-refractivity contribution in [1.29, 1.82) is 0 Å². The Morgan fingerprint density at radius 2 is 1.79 bits per heavy atom. The number of sulfonamides is 1. The minimum absolute atomic E-state index is 0.0260. The molecule has 0 bridgehead atoms. The number of primary amides is 1. The Hall–Kier alpha value is -3.43. The molecule has 0 unspecified atom stereocenters. The fourth-order valence-electron chi connectivity index (χ4n) is 2.67. The molecule has 0 aliphatic carbocycles. The van der Waals surface area contributed by atoms with Gasteiger partial charge >= 0.3 is 0 Å². The quantitative estimate of drug-likeness (QED) is 0.547. The van der Waals surface area contributed by atoms with Gasteiger partial charge in [-0.25, -0.2) is 13.1 Å². The highest BCUT2D eigenvalue weighted by Crippen LogP contribution is 2.17. The van der Waals surface area contributed by atoms with E-state index in [1.807, 2.05) is 0 Å². The average molecular weight is 413 g/mol. The molecule has 3 rings (SSSR count). The zero-order chi connectivity index (χ0) is 21.0. The van der Waals surface area contributed by atoms with Crippen LogP contribution in [0.5, 0.6) is 0 Å². The van der Waals surface area contributed by atoms with Crippen molar-refractivity contribution in [1.82, 2.24) is 4.72 Å². The topological polar surface area (TPSA) is 132 Å². The van der Waals surface area contributed by atoms with Crippen LogP contribution in [0.3, 0.4) is 0 Å². The van der Waals surface area contributed by atoms with Gasteiger partial charge in [0.1, 0.15) is 5.76 Å². The van der Waals surface area contributed by atoms with Gasteiger partial charge in [-0.15, -0.1) is 0 Å². The first-order valence-corrected chi connectivity index (χ1v) is 10.1. The number of amides is 2. The average Bonchev–Trinajstić information content (AvgIpc) is 3.20. The molecule has 0 saturated heterocycles. The third kappa shape index (κ3) is 4.89. The van der Waals surface area contributed by atoms with Gasteiger partial charge in [-0.3, -0.25) is 9.59 Å². The number of carbonyl (C=O) groups is 2. The smallest absolute Gasteiger partial charge is 0.255 e. The largest absolute Gasteiger partial charge is 0.468 e. The van der Waals surface area contributed by atoms with Gasteiger partial charge < -0.3 is 15.5 Å². The maximum Gasteiger partial charge on any atom is 0.255 e. The molecular formula is C20H19N3O5S. The maximum absolute atomic E-state index is 12.4. The van der Waals surface area contributed by atoms with E-state index in [-0.39, 0.29) is 17.0 Å². The first kappa shape index (κ1) is 20.3. The summed E-state index contributed by atoms with van der Waals surface area (Å²) < 4.78 is 32.2. The van der Waals surface area contributed by atoms with Gasteiger partial charge in [0.25, 0.3) is 5.91 Å². The molecular weight excluding hydrogens is 394 g/mol. The highest BCUT2D eigenvalue weighted by Gasteiger charge is 2.16. The molecule has 9 heteroatoms. The van der Waals surface area contributed by atoms with E-state index >= 15 is 0 Å². The second-order valence-corrected chi connectivity index (χ2v) is 8.04. The van der Waals surface area contributed by atoms with Gasteiger partial charge in [0.05, 0.1) is 17.7 Å². The second-order valence-electron chi connectivity index (χ2n) is 6.28. The molecule has 8 nitrogen and oxygen atoms in total. The number of carbonyl (C=O) groups excluding carboxylic acids is 2. The summed E-state index contributed by atoms with van der Waals surface area (Å²) in [5.41, 5.74) is 7.06. The summed E-state index contributed by atoms with van der Waals surface area (Å²) in [6.07, 6.45) is 1.46. The normalized spacial score (nSPS) is 11.2.